The summed E-state index contributed by atoms with van der Waals surface area (Å²) in [6.45, 7) is 18.3. The smallest absolute Gasteiger partial charge is 0.384 e. The number of anilines is 3. The topological polar surface area (TPSA) is 227 Å². The molecule has 5 aliphatic rings. The number of nitrogens with one attached hydrogen (secondary N) is 5. The van der Waals surface area contributed by atoms with Crippen LogP contribution < -0.4 is 30.9 Å². The maximum Gasteiger partial charge on any atom is 0.501 e. The number of likely N-dealkylation sites (tertiary alicyclic amines) is 1. The maximum absolute atomic E-state index is 14.5. The van der Waals surface area contributed by atoms with Crippen molar-refractivity contribution in [3.8, 4) is 0 Å². The Morgan fingerprint density at radius 2 is 1.55 bits per heavy atom. The minimum Gasteiger partial charge on any atom is -0.384 e. The van der Waals surface area contributed by atoms with Gasteiger partial charge in [0.25, 0.3) is 37.6 Å². The number of thioether (sulfide) groups is 1. The molecule has 2 atom stereocenters. The van der Waals surface area contributed by atoms with Crippen LogP contribution >= 0.6 is 11.8 Å². The van der Waals surface area contributed by atoms with Crippen LogP contribution in [0.4, 0.5) is 30.2 Å². The van der Waals surface area contributed by atoms with Crippen LogP contribution in [0.15, 0.2) is 129 Å². The number of allylic oxidation sites excluding steroid dienone is 2. The Hall–Kier alpha value is -6.57. The predicted molar refractivity (Wildman–Crippen MR) is 331 cm³/mol. The van der Waals surface area contributed by atoms with Gasteiger partial charge in [-0.25, -0.2) is 21.6 Å². The number of hydrogen-bond acceptors (Lipinski definition) is 16. The number of fused-ring (bicyclic) bond motifs is 1. The molecule has 18 nitrogen and oxygen atoms in total. The number of benzene rings is 4. The Balaban J connectivity index is 0.784. The fourth-order valence-electron chi connectivity index (χ4n) is 12.1. The highest BCUT2D eigenvalue weighted by molar-refractivity contribution is 7.99. The van der Waals surface area contributed by atoms with Crippen LogP contribution in [0.1, 0.15) is 122 Å². The Morgan fingerprint density at radius 1 is 0.828 bits per heavy atom. The predicted octanol–water partition coefficient (Wildman–Crippen LogP) is 9.00. The van der Waals surface area contributed by atoms with E-state index < -0.39 is 82.5 Å². The number of rotatable bonds is 25. The quantitative estimate of drug-likeness (QED) is 0.0237. The zero-order chi connectivity index (χ0) is 62.3. The molecular formula is C63H78F3N9O9S3. The highest BCUT2D eigenvalue weighted by atomic mass is 32.2. The number of carbonyl (C=O) groups excluding carboxylic acids is 5. The summed E-state index contributed by atoms with van der Waals surface area (Å²) in [6, 6.07) is 21.6. The number of sulfonamides is 1. The molecule has 5 N–H and O–H groups in total. The highest BCUT2D eigenvalue weighted by Crippen LogP contribution is 2.43. The normalized spacial score (nSPS) is 19.4. The third-order valence-corrected chi connectivity index (χ3v) is 21.1. The lowest BCUT2D eigenvalue weighted by Gasteiger charge is -2.39. The Labute approximate surface area is 512 Å². The summed E-state index contributed by atoms with van der Waals surface area (Å²) in [5.41, 5.74) is -0.156. The van der Waals surface area contributed by atoms with Crippen molar-refractivity contribution in [1.82, 2.24) is 30.1 Å². The number of hydrogen-bond donors (Lipinski definition) is 5. The summed E-state index contributed by atoms with van der Waals surface area (Å²) >= 11 is 1.43. The second-order valence-corrected chi connectivity index (χ2v) is 28.6. The van der Waals surface area contributed by atoms with Gasteiger partial charge in [0.2, 0.25) is 11.8 Å². The lowest BCUT2D eigenvalue weighted by Crippen LogP contribution is -2.54. The van der Waals surface area contributed by atoms with E-state index in [0.29, 0.717) is 63.1 Å². The van der Waals surface area contributed by atoms with Crippen molar-refractivity contribution in [1.29, 1.82) is 0 Å². The number of nitrogens with zero attached hydrogens (tertiary/aromatic N) is 4. The van der Waals surface area contributed by atoms with E-state index in [1.54, 1.807) is 30.3 Å². The van der Waals surface area contributed by atoms with Gasteiger partial charge < -0.3 is 25.8 Å². The molecule has 1 unspecified atom stereocenters. The van der Waals surface area contributed by atoms with Gasteiger partial charge in [0.05, 0.1) is 21.7 Å². The molecule has 87 heavy (non-hydrogen) atoms. The van der Waals surface area contributed by atoms with Crippen LogP contribution in [0.3, 0.4) is 0 Å². The SMILES string of the molecule is C=C(CCC)C1=C(CN2CCN(c3ccc(C(=O)NS(=O)(=O)c4ccc(N[C@H](CCN5CCC(NCCCNc6cccc7c6C(=O)N(C6CCC(=O)NC6=O)C7=O)CC5)CSc5ccccc5)c(S(=O)(=O)C(F)(F)F)c4)cc3)CC2)CCC(C)(C)C1. The van der Waals surface area contributed by atoms with E-state index >= 15 is 0 Å². The first kappa shape index (κ1) is 64.9. The monoisotopic (exact) mass is 1260 g/mol. The van der Waals surface area contributed by atoms with E-state index in [1.807, 2.05) is 35.1 Å². The Morgan fingerprint density at radius 3 is 2.24 bits per heavy atom. The number of alkyl halides is 3. The molecular weight excluding hydrogens is 1180 g/mol. The van der Waals surface area contributed by atoms with Crippen LogP contribution in [0.25, 0.3) is 0 Å². The molecule has 3 saturated heterocycles. The van der Waals surface area contributed by atoms with Gasteiger partial charge in [0, 0.05) is 91.9 Å². The van der Waals surface area contributed by atoms with Gasteiger partial charge in [-0.05, 0) is 155 Å². The van der Waals surface area contributed by atoms with E-state index in [0.717, 1.165) is 105 Å². The van der Waals surface area contributed by atoms with Gasteiger partial charge in [-0.1, -0.05) is 69.2 Å². The molecule has 0 aromatic heterocycles. The summed E-state index contributed by atoms with van der Waals surface area (Å²) in [6.07, 6.45) is 8.01. The molecule has 4 aromatic rings. The third kappa shape index (κ3) is 15.8. The molecule has 4 aromatic carbocycles. The number of imide groups is 2. The molecule has 9 rings (SSSR count). The molecule has 5 amide bonds. The van der Waals surface area contributed by atoms with E-state index in [1.165, 1.54) is 40.6 Å². The Kier molecular flexibility index (Phi) is 20.8. The fourth-order valence-corrected chi connectivity index (χ4v) is 15.1. The first-order valence-corrected chi connectivity index (χ1v) is 33.8. The summed E-state index contributed by atoms with van der Waals surface area (Å²) in [7, 11) is -11.0. The van der Waals surface area contributed by atoms with Crippen molar-refractivity contribution in [3.05, 3.63) is 131 Å². The third-order valence-electron chi connectivity index (χ3n) is 17.0. The molecule has 3 fully saturated rings. The lowest BCUT2D eigenvalue weighted by molar-refractivity contribution is -0.136. The molecule has 24 heteroatoms. The molecule has 0 saturated carbocycles. The van der Waals surface area contributed by atoms with Crippen molar-refractivity contribution in [2.24, 2.45) is 5.41 Å². The summed E-state index contributed by atoms with van der Waals surface area (Å²) in [5, 5.41) is 12.1. The molecule has 0 bridgehead atoms. The summed E-state index contributed by atoms with van der Waals surface area (Å²) in [5.74, 6) is -3.03. The molecule has 4 aliphatic heterocycles. The van der Waals surface area contributed by atoms with E-state index in [9.17, 15) is 54.0 Å². The van der Waals surface area contributed by atoms with Gasteiger partial charge >= 0.3 is 5.51 Å². The molecule has 1 aliphatic carbocycles. The van der Waals surface area contributed by atoms with Gasteiger partial charge in [0.15, 0.2) is 0 Å². The van der Waals surface area contributed by atoms with Gasteiger partial charge in [0.1, 0.15) is 10.9 Å². The number of amides is 5. The standard InChI is InChI=1S/C63H78F3N9O9S3/c1-5-11-42(2)51-39-62(3,4)28-24-44(51)40-73-34-36-74(37-35-73)47-18-16-43(17-19-47)58(77)71-87(83,84)49-20-21-52(55(38-49)86(81,82)63(64,65)66)69-46(41-85-48-12-7-6-8-13-48)27-33-72-31-25-45(26-32-72)67-29-10-30-68-53-15-9-14-50-57(53)61(80)75(60(50)79)54-22-23-56(76)70-59(54)78/h6-9,12-21,38,45-46,54,67-69H,2,5,10-11,22-37,39-41H2,1,3-4H3,(H,71,77)(H,70,76,78)/t46-,54?/m1/s1. The zero-order valence-corrected chi connectivity index (χ0v) is 51.9. The van der Waals surface area contributed by atoms with Crippen molar-refractivity contribution in [3.63, 3.8) is 0 Å². The average molecular weight is 1260 g/mol. The van der Waals surface area contributed by atoms with Crippen LogP contribution in [-0.4, -0.2) is 156 Å². The van der Waals surface area contributed by atoms with Gasteiger partial charge in [-0.2, -0.15) is 13.2 Å². The average Bonchev–Trinajstić information content (AvgIpc) is 2.36. The maximum atomic E-state index is 14.5. The minimum absolute atomic E-state index is 0.0187. The van der Waals surface area contributed by atoms with Crippen molar-refractivity contribution >= 4 is 78.2 Å². The highest BCUT2D eigenvalue weighted by Gasteiger charge is 2.49. The van der Waals surface area contributed by atoms with Crippen LogP contribution in [0.5, 0.6) is 0 Å². The van der Waals surface area contributed by atoms with Gasteiger partial charge in [-0.3, -0.25) is 39.1 Å². The molecule has 0 spiro atoms. The van der Waals surface area contributed by atoms with Crippen LogP contribution in [-0.2, 0) is 29.4 Å². The fraction of sp³-hybridized carbons (Fsp3) is 0.476. The summed E-state index contributed by atoms with van der Waals surface area (Å²) in [4.78, 5) is 71.1. The van der Waals surface area contributed by atoms with Crippen LogP contribution in [0.2, 0.25) is 0 Å². The number of halogens is 3. The second kappa shape index (κ2) is 27.9. The largest absolute Gasteiger partial charge is 0.501 e. The van der Waals surface area contributed by atoms with Crippen molar-refractivity contribution in [2.45, 2.75) is 130 Å². The van der Waals surface area contributed by atoms with Gasteiger partial charge in [-0.15, -0.1) is 11.8 Å². The second-order valence-electron chi connectivity index (χ2n) is 23.9. The van der Waals surface area contributed by atoms with Crippen molar-refractivity contribution < 1.29 is 54.0 Å². The summed E-state index contributed by atoms with van der Waals surface area (Å²) < 4.78 is 99.7. The molecule has 468 valence electrons. The van der Waals surface area contributed by atoms with E-state index in [-0.39, 0.29) is 41.0 Å². The molecule has 4 heterocycles. The van der Waals surface area contributed by atoms with E-state index in [4.69, 9.17) is 0 Å². The Bertz CT molecular complexity index is 3480. The number of sulfone groups is 1. The molecule has 0 radical (unpaired) electrons. The van der Waals surface area contributed by atoms with Crippen molar-refractivity contribution in [2.75, 3.05) is 86.7 Å². The first-order chi connectivity index (χ1) is 41.4. The van der Waals surface area contributed by atoms with E-state index in [2.05, 4.69) is 63.3 Å². The zero-order valence-electron chi connectivity index (χ0n) is 49.5. The number of piperazine rings is 1. The number of piperidine rings is 2. The number of carbonyl (C=O) groups is 5. The minimum atomic E-state index is -6.14. The first-order valence-electron chi connectivity index (χ1n) is 29.9. The van der Waals surface area contributed by atoms with Crippen LogP contribution in [0, 0.1) is 5.41 Å². The lowest BCUT2D eigenvalue weighted by atomic mass is 9.72.